The summed E-state index contributed by atoms with van der Waals surface area (Å²) in [5.74, 6) is 0. The molecule has 2 heterocycles. The maximum absolute atomic E-state index is 12.1. The number of hydrogen-bond donors (Lipinski definition) is 1. The van der Waals surface area contributed by atoms with Gasteiger partial charge in [-0.25, -0.2) is 4.79 Å². The summed E-state index contributed by atoms with van der Waals surface area (Å²) in [7, 11) is 1.51. The molecule has 0 aromatic heterocycles. The molecule has 0 aliphatic carbocycles. The molecule has 2 fully saturated rings. The van der Waals surface area contributed by atoms with Crippen molar-refractivity contribution in [1.82, 2.24) is 9.80 Å². The first-order valence-corrected chi connectivity index (χ1v) is 6.01. The highest BCUT2D eigenvalue weighted by Crippen LogP contribution is 2.15. The van der Waals surface area contributed by atoms with Gasteiger partial charge in [0.05, 0.1) is 18.4 Å². The molecule has 2 rings (SSSR count). The van der Waals surface area contributed by atoms with Crippen molar-refractivity contribution in [2.24, 2.45) is 5.16 Å². The van der Waals surface area contributed by atoms with Crippen LogP contribution in [0, 0.1) is 0 Å². The number of hydrogen-bond acceptors (Lipinski definition) is 4. The van der Waals surface area contributed by atoms with Gasteiger partial charge >= 0.3 is 6.03 Å². The molecule has 2 amide bonds. The van der Waals surface area contributed by atoms with Crippen LogP contribution in [0.5, 0.6) is 0 Å². The first-order chi connectivity index (χ1) is 8.20. The molecule has 0 radical (unpaired) electrons. The molecule has 0 spiro atoms. The van der Waals surface area contributed by atoms with Gasteiger partial charge in [-0.1, -0.05) is 5.16 Å². The van der Waals surface area contributed by atoms with Gasteiger partial charge in [0.15, 0.2) is 0 Å². The fraction of sp³-hybridized carbons (Fsp3) is 0.818. The second kappa shape index (κ2) is 5.35. The molecule has 17 heavy (non-hydrogen) atoms. The summed E-state index contributed by atoms with van der Waals surface area (Å²) >= 11 is 0. The molecule has 0 bridgehead atoms. The highest BCUT2D eigenvalue weighted by atomic mass is 16.6. The van der Waals surface area contributed by atoms with Crippen LogP contribution in [0.25, 0.3) is 0 Å². The first-order valence-electron chi connectivity index (χ1n) is 6.01. The number of β-amino-alcohol motifs (C(OH)–C–C–N with tert-alkyl or cyclic N) is 1. The van der Waals surface area contributed by atoms with Crippen molar-refractivity contribution >= 4 is 11.7 Å². The van der Waals surface area contributed by atoms with Crippen LogP contribution in [0.1, 0.15) is 19.3 Å². The molecule has 96 valence electrons. The van der Waals surface area contributed by atoms with Gasteiger partial charge in [0.2, 0.25) is 0 Å². The van der Waals surface area contributed by atoms with Gasteiger partial charge < -0.3 is 19.7 Å². The van der Waals surface area contributed by atoms with Crippen molar-refractivity contribution in [3.05, 3.63) is 0 Å². The van der Waals surface area contributed by atoms with E-state index >= 15 is 0 Å². The zero-order chi connectivity index (χ0) is 12.3. The van der Waals surface area contributed by atoms with Crippen LogP contribution < -0.4 is 0 Å². The Hall–Kier alpha value is -1.30. The summed E-state index contributed by atoms with van der Waals surface area (Å²) in [5.41, 5.74) is 0.901. The predicted octanol–water partition coefficient (Wildman–Crippen LogP) is 0.271. The van der Waals surface area contributed by atoms with E-state index < -0.39 is 0 Å². The molecule has 1 N–H and O–H groups in total. The van der Waals surface area contributed by atoms with Crippen LogP contribution in [-0.2, 0) is 4.84 Å². The number of nitrogens with zero attached hydrogens (tertiary/aromatic N) is 3. The third-order valence-electron chi connectivity index (χ3n) is 3.20. The standard InChI is InChI=1S/C11H19N3O3/c1-17-12-9-4-6-14(7-9)11(16)13-5-2-3-10(15)8-13/h10,15H,2-8H2,1H3. The van der Waals surface area contributed by atoms with Gasteiger partial charge in [0, 0.05) is 26.1 Å². The van der Waals surface area contributed by atoms with E-state index in [2.05, 4.69) is 5.16 Å². The normalized spacial score (nSPS) is 27.6. The number of aliphatic hydroxyl groups is 1. The smallest absolute Gasteiger partial charge is 0.320 e. The van der Waals surface area contributed by atoms with E-state index in [1.165, 1.54) is 7.11 Å². The van der Waals surface area contributed by atoms with Crippen LogP contribution in [0.3, 0.4) is 0 Å². The Morgan fingerprint density at radius 1 is 1.47 bits per heavy atom. The zero-order valence-corrected chi connectivity index (χ0v) is 10.1. The summed E-state index contributed by atoms with van der Waals surface area (Å²) in [5, 5.41) is 13.4. The van der Waals surface area contributed by atoms with E-state index in [9.17, 15) is 9.90 Å². The third-order valence-corrected chi connectivity index (χ3v) is 3.20. The van der Waals surface area contributed by atoms with Crippen molar-refractivity contribution in [1.29, 1.82) is 0 Å². The summed E-state index contributed by atoms with van der Waals surface area (Å²) in [6.07, 6.45) is 2.07. The Morgan fingerprint density at radius 3 is 3.00 bits per heavy atom. The van der Waals surface area contributed by atoms with Crippen LogP contribution in [0.15, 0.2) is 5.16 Å². The number of amides is 2. The average Bonchev–Trinajstić information content (AvgIpc) is 2.77. The average molecular weight is 241 g/mol. The Labute approximate surface area is 101 Å². The van der Waals surface area contributed by atoms with Crippen LogP contribution in [0.2, 0.25) is 0 Å². The van der Waals surface area contributed by atoms with E-state index in [-0.39, 0.29) is 12.1 Å². The lowest BCUT2D eigenvalue weighted by molar-refractivity contribution is 0.0740. The number of rotatable bonds is 1. The number of urea groups is 1. The van der Waals surface area contributed by atoms with Crippen molar-refractivity contribution < 1.29 is 14.7 Å². The fourth-order valence-electron chi connectivity index (χ4n) is 2.34. The van der Waals surface area contributed by atoms with Crippen LogP contribution >= 0.6 is 0 Å². The second-order valence-electron chi connectivity index (χ2n) is 4.54. The highest BCUT2D eigenvalue weighted by molar-refractivity contribution is 5.92. The lowest BCUT2D eigenvalue weighted by atomic mass is 10.1. The Bertz CT molecular complexity index is 319. The number of carbonyl (C=O) groups is 1. The van der Waals surface area contributed by atoms with Gasteiger partial charge in [0.25, 0.3) is 0 Å². The first kappa shape index (κ1) is 12.2. The molecule has 2 saturated heterocycles. The van der Waals surface area contributed by atoms with E-state index in [4.69, 9.17) is 4.84 Å². The second-order valence-corrected chi connectivity index (χ2v) is 4.54. The van der Waals surface area contributed by atoms with E-state index in [0.717, 1.165) is 31.5 Å². The summed E-state index contributed by atoms with van der Waals surface area (Å²) in [6, 6.07) is 0.00468. The van der Waals surface area contributed by atoms with E-state index in [1.807, 2.05) is 0 Å². The topological polar surface area (TPSA) is 65.4 Å². The van der Waals surface area contributed by atoms with Gasteiger partial charge in [-0.05, 0) is 12.8 Å². The maximum Gasteiger partial charge on any atom is 0.320 e. The Balaban J connectivity index is 1.90. The fourth-order valence-corrected chi connectivity index (χ4v) is 2.34. The molecule has 0 aromatic carbocycles. The monoisotopic (exact) mass is 241 g/mol. The Kier molecular flexibility index (Phi) is 3.83. The lowest BCUT2D eigenvalue weighted by Gasteiger charge is -2.33. The zero-order valence-electron chi connectivity index (χ0n) is 10.1. The molecular weight excluding hydrogens is 222 g/mol. The largest absolute Gasteiger partial charge is 0.399 e. The molecule has 0 aromatic rings. The van der Waals surface area contributed by atoms with Crippen molar-refractivity contribution in [2.45, 2.75) is 25.4 Å². The highest BCUT2D eigenvalue weighted by Gasteiger charge is 2.29. The quantitative estimate of drug-likeness (QED) is 0.670. The number of oxime groups is 1. The molecule has 1 atom stereocenters. The van der Waals surface area contributed by atoms with E-state index in [0.29, 0.717) is 19.6 Å². The number of piperidine rings is 1. The van der Waals surface area contributed by atoms with Gasteiger partial charge in [0.1, 0.15) is 7.11 Å². The Morgan fingerprint density at radius 2 is 2.29 bits per heavy atom. The van der Waals surface area contributed by atoms with Gasteiger partial charge in [-0.3, -0.25) is 0 Å². The van der Waals surface area contributed by atoms with Gasteiger partial charge in [-0.15, -0.1) is 0 Å². The summed E-state index contributed by atoms with van der Waals surface area (Å²) in [4.78, 5) is 20.3. The minimum absolute atomic E-state index is 0.00468. The molecule has 6 heteroatoms. The minimum atomic E-state index is -0.373. The van der Waals surface area contributed by atoms with Crippen LogP contribution in [0.4, 0.5) is 4.79 Å². The summed E-state index contributed by atoms with van der Waals surface area (Å²) < 4.78 is 0. The number of aliphatic hydroxyl groups excluding tert-OH is 1. The third kappa shape index (κ3) is 2.88. The number of carbonyl (C=O) groups excluding carboxylic acids is 1. The lowest BCUT2D eigenvalue weighted by Crippen LogP contribution is -2.48. The number of likely N-dealkylation sites (tertiary alicyclic amines) is 2. The molecule has 0 saturated carbocycles. The summed E-state index contributed by atoms with van der Waals surface area (Å²) in [6.45, 7) is 2.42. The maximum atomic E-state index is 12.1. The van der Waals surface area contributed by atoms with E-state index in [1.54, 1.807) is 9.80 Å². The SMILES string of the molecule is CON=C1CCN(C(=O)N2CCCC(O)C2)C1. The van der Waals surface area contributed by atoms with Crippen molar-refractivity contribution in [3.8, 4) is 0 Å². The molecule has 2 aliphatic rings. The van der Waals surface area contributed by atoms with Crippen molar-refractivity contribution in [2.75, 3.05) is 33.3 Å². The van der Waals surface area contributed by atoms with Crippen LogP contribution in [-0.4, -0.2) is 66.0 Å². The predicted molar refractivity (Wildman–Crippen MR) is 62.8 cm³/mol. The molecule has 6 nitrogen and oxygen atoms in total. The van der Waals surface area contributed by atoms with Gasteiger partial charge in [-0.2, -0.15) is 0 Å². The molecular formula is C11H19N3O3. The minimum Gasteiger partial charge on any atom is -0.399 e. The molecule has 1 unspecified atom stereocenters. The van der Waals surface area contributed by atoms with Crippen molar-refractivity contribution in [3.63, 3.8) is 0 Å². The molecule has 2 aliphatic heterocycles.